The van der Waals surface area contributed by atoms with Gasteiger partial charge in [-0.25, -0.2) is 0 Å². The average Bonchev–Trinajstić information content (AvgIpc) is 2.12. The molecule has 1 heteroatoms. The Kier molecular flexibility index (Phi) is 2.04. The number of hydrogen-bond acceptors (Lipinski definition) is 1. The van der Waals surface area contributed by atoms with Crippen LogP contribution < -0.4 is 0 Å². The van der Waals surface area contributed by atoms with Gasteiger partial charge in [0.1, 0.15) is 0 Å². The highest BCUT2D eigenvalue weighted by Gasteiger charge is 1.99. The zero-order valence-corrected chi connectivity index (χ0v) is 8.73. The van der Waals surface area contributed by atoms with Crippen molar-refractivity contribution >= 4 is 23.4 Å². The smallest absolute Gasteiger partial charge is 0.00464 e. The molecule has 2 rings (SSSR count). The van der Waals surface area contributed by atoms with Crippen LogP contribution in [0.25, 0.3) is 10.8 Å². The van der Waals surface area contributed by atoms with Crippen LogP contribution in [0.4, 0.5) is 0 Å². The van der Waals surface area contributed by atoms with E-state index in [9.17, 15) is 0 Å². The molecule has 0 aliphatic heterocycles. The lowest BCUT2D eigenvalue weighted by atomic mass is 10.0. The minimum absolute atomic E-state index is 1.03. The van der Waals surface area contributed by atoms with E-state index in [2.05, 4.69) is 50.7 Å². The highest BCUT2D eigenvalue weighted by atomic mass is 32.1. The van der Waals surface area contributed by atoms with Gasteiger partial charge >= 0.3 is 0 Å². The maximum absolute atomic E-state index is 4.34. The maximum Gasteiger partial charge on any atom is 0.00464 e. The van der Waals surface area contributed by atoms with Crippen LogP contribution in [-0.2, 0) is 0 Å². The van der Waals surface area contributed by atoms with Gasteiger partial charge in [0, 0.05) is 4.90 Å². The van der Waals surface area contributed by atoms with Gasteiger partial charge in [-0.05, 0) is 47.9 Å². The van der Waals surface area contributed by atoms with E-state index in [1.165, 1.54) is 21.9 Å². The first kappa shape index (κ1) is 8.64. The van der Waals surface area contributed by atoms with E-state index in [0.29, 0.717) is 0 Å². The number of thiol groups is 1. The molecule has 13 heavy (non-hydrogen) atoms. The molecular formula is C12H12S. The van der Waals surface area contributed by atoms with Gasteiger partial charge in [0.25, 0.3) is 0 Å². The summed E-state index contributed by atoms with van der Waals surface area (Å²) < 4.78 is 0. The zero-order valence-electron chi connectivity index (χ0n) is 7.83. The second-order valence-electron chi connectivity index (χ2n) is 3.43. The summed E-state index contributed by atoms with van der Waals surface area (Å²) in [5.74, 6) is 0. The first-order valence-electron chi connectivity index (χ1n) is 4.37. The second-order valence-corrected chi connectivity index (χ2v) is 3.95. The van der Waals surface area contributed by atoms with Gasteiger partial charge in [0.2, 0.25) is 0 Å². The number of benzene rings is 2. The van der Waals surface area contributed by atoms with E-state index in [1.807, 2.05) is 6.07 Å². The Morgan fingerprint density at radius 2 is 1.46 bits per heavy atom. The predicted octanol–water partition coefficient (Wildman–Crippen LogP) is 3.75. The Balaban J connectivity index is 2.92. The molecule has 0 heterocycles. The highest BCUT2D eigenvalue weighted by Crippen LogP contribution is 2.24. The molecule has 0 nitrogen and oxygen atoms in total. The Bertz CT molecular complexity index is 458. The number of hydrogen-bond donors (Lipinski definition) is 1. The molecule has 66 valence electrons. The molecule has 0 saturated heterocycles. The van der Waals surface area contributed by atoms with Gasteiger partial charge in [0.05, 0.1) is 0 Å². The van der Waals surface area contributed by atoms with Crippen molar-refractivity contribution in [2.45, 2.75) is 18.7 Å². The third-order valence-corrected chi connectivity index (χ3v) is 2.71. The Morgan fingerprint density at radius 3 is 2.15 bits per heavy atom. The van der Waals surface area contributed by atoms with Gasteiger partial charge in [-0.1, -0.05) is 18.2 Å². The van der Waals surface area contributed by atoms with Crippen molar-refractivity contribution in [2.24, 2.45) is 0 Å². The van der Waals surface area contributed by atoms with Crippen molar-refractivity contribution in [1.82, 2.24) is 0 Å². The number of fused-ring (bicyclic) bond motifs is 1. The van der Waals surface area contributed by atoms with E-state index < -0.39 is 0 Å². The van der Waals surface area contributed by atoms with Crippen molar-refractivity contribution in [1.29, 1.82) is 0 Å². The van der Waals surface area contributed by atoms with Crippen LogP contribution in [0.15, 0.2) is 35.2 Å². The van der Waals surface area contributed by atoms with E-state index in [1.54, 1.807) is 0 Å². The van der Waals surface area contributed by atoms with Gasteiger partial charge < -0.3 is 0 Å². The number of rotatable bonds is 0. The van der Waals surface area contributed by atoms with Gasteiger partial charge in [-0.15, -0.1) is 12.6 Å². The molecule has 0 amide bonds. The van der Waals surface area contributed by atoms with Crippen molar-refractivity contribution in [3.63, 3.8) is 0 Å². The molecular weight excluding hydrogens is 176 g/mol. The van der Waals surface area contributed by atoms with Gasteiger partial charge in [0.15, 0.2) is 0 Å². The maximum atomic E-state index is 4.34. The fraction of sp³-hybridized carbons (Fsp3) is 0.167. The monoisotopic (exact) mass is 188 g/mol. The molecule has 0 radical (unpaired) electrons. The van der Waals surface area contributed by atoms with Crippen LogP contribution >= 0.6 is 12.6 Å². The molecule has 0 bridgehead atoms. The summed E-state index contributed by atoms with van der Waals surface area (Å²) in [6.07, 6.45) is 0. The lowest BCUT2D eigenvalue weighted by molar-refractivity contribution is 1.43. The molecule has 0 aliphatic rings. The standard InChI is InChI=1S/C12H12S/c1-8-3-4-9(2)12-7-10(13)5-6-11(8)12/h3-7,13H,1-2H3. The summed E-state index contributed by atoms with van der Waals surface area (Å²) in [5, 5.41) is 2.64. The minimum atomic E-state index is 1.03. The molecule has 0 unspecified atom stereocenters. The summed E-state index contributed by atoms with van der Waals surface area (Å²) in [6, 6.07) is 10.6. The highest BCUT2D eigenvalue weighted by molar-refractivity contribution is 7.80. The van der Waals surface area contributed by atoms with Crippen LogP contribution in [0.3, 0.4) is 0 Å². The van der Waals surface area contributed by atoms with Crippen molar-refractivity contribution in [3.8, 4) is 0 Å². The third-order valence-electron chi connectivity index (χ3n) is 2.44. The van der Waals surface area contributed by atoms with Crippen molar-refractivity contribution in [3.05, 3.63) is 41.5 Å². The van der Waals surface area contributed by atoms with Crippen molar-refractivity contribution in [2.75, 3.05) is 0 Å². The summed E-state index contributed by atoms with van der Waals surface area (Å²) in [5.41, 5.74) is 2.64. The summed E-state index contributed by atoms with van der Waals surface area (Å²) in [4.78, 5) is 1.03. The number of aryl methyl sites for hydroxylation is 2. The van der Waals surface area contributed by atoms with Crippen LogP contribution in [0.5, 0.6) is 0 Å². The molecule has 2 aromatic rings. The van der Waals surface area contributed by atoms with E-state index in [4.69, 9.17) is 0 Å². The van der Waals surface area contributed by atoms with Crippen LogP contribution in [0.2, 0.25) is 0 Å². The lowest BCUT2D eigenvalue weighted by Crippen LogP contribution is -1.82. The third kappa shape index (κ3) is 1.44. The zero-order chi connectivity index (χ0) is 9.42. The van der Waals surface area contributed by atoms with Crippen LogP contribution in [-0.4, -0.2) is 0 Å². The van der Waals surface area contributed by atoms with E-state index >= 15 is 0 Å². The SMILES string of the molecule is Cc1ccc(C)c2cc(S)ccc12. The fourth-order valence-corrected chi connectivity index (χ4v) is 1.84. The van der Waals surface area contributed by atoms with E-state index in [-0.39, 0.29) is 0 Å². The first-order chi connectivity index (χ1) is 6.18. The molecule has 0 spiro atoms. The minimum Gasteiger partial charge on any atom is -0.143 e. The van der Waals surface area contributed by atoms with Crippen LogP contribution in [0.1, 0.15) is 11.1 Å². The predicted molar refractivity (Wildman–Crippen MR) is 60.7 cm³/mol. The quantitative estimate of drug-likeness (QED) is 0.598. The topological polar surface area (TPSA) is 0 Å². The Morgan fingerprint density at radius 1 is 0.846 bits per heavy atom. The average molecular weight is 188 g/mol. The van der Waals surface area contributed by atoms with Gasteiger partial charge in [-0.2, -0.15) is 0 Å². The Hall–Kier alpha value is -0.950. The molecule has 0 atom stereocenters. The molecule has 0 aliphatic carbocycles. The second kappa shape index (κ2) is 3.08. The lowest BCUT2D eigenvalue weighted by Gasteiger charge is -2.05. The van der Waals surface area contributed by atoms with Gasteiger partial charge in [-0.3, -0.25) is 0 Å². The fourth-order valence-electron chi connectivity index (χ4n) is 1.63. The molecule has 0 aromatic heterocycles. The normalized spacial score (nSPS) is 10.7. The van der Waals surface area contributed by atoms with Crippen molar-refractivity contribution < 1.29 is 0 Å². The summed E-state index contributed by atoms with van der Waals surface area (Å²) in [7, 11) is 0. The van der Waals surface area contributed by atoms with E-state index in [0.717, 1.165) is 4.90 Å². The first-order valence-corrected chi connectivity index (χ1v) is 4.82. The summed E-state index contributed by atoms with van der Waals surface area (Å²) in [6.45, 7) is 4.27. The Labute approximate surface area is 84.0 Å². The van der Waals surface area contributed by atoms with Crippen LogP contribution in [0, 0.1) is 13.8 Å². The molecule has 0 fully saturated rings. The molecule has 0 saturated carbocycles. The molecule has 2 aromatic carbocycles. The largest absolute Gasteiger partial charge is 0.143 e. The summed E-state index contributed by atoms with van der Waals surface area (Å²) >= 11 is 4.34. The molecule has 0 N–H and O–H groups in total.